The summed E-state index contributed by atoms with van der Waals surface area (Å²) in [4.78, 5) is 10.1. The molecule has 0 aliphatic heterocycles. The molecular formula is C16H28N4O2S. The van der Waals surface area contributed by atoms with E-state index in [4.69, 9.17) is 4.74 Å². The molecule has 0 bridgehead atoms. The van der Waals surface area contributed by atoms with Crippen LogP contribution in [0.5, 0.6) is 0 Å². The second-order valence-corrected chi connectivity index (χ2v) is 7.24. The maximum atomic E-state index is 9.95. The minimum atomic E-state index is -0.523. The van der Waals surface area contributed by atoms with Crippen LogP contribution in [0.1, 0.15) is 35.3 Å². The third kappa shape index (κ3) is 6.85. The normalized spacial score (nSPS) is 16.4. The topological polar surface area (TPSA) is 78.8 Å². The van der Waals surface area contributed by atoms with E-state index in [0.717, 1.165) is 29.8 Å². The Morgan fingerprint density at radius 3 is 2.83 bits per heavy atom. The number of thiazole rings is 1. The van der Waals surface area contributed by atoms with E-state index in [-0.39, 0.29) is 0 Å². The van der Waals surface area contributed by atoms with Gasteiger partial charge in [0.15, 0.2) is 5.96 Å². The van der Waals surface area contributed by atoms with Gasteiger partial charge in [-0.3, -0.25) is 0 Å². The van der Waals surface area contributed by atoms with Crippen LogP contribution in [0, 0.1) is 19.8 Å². The molecule has 1 saturated carbocycles. The molecule has 0 aromatic carbocycles. The lowest BCUT2D eigenvalue weighted by Gasteiger charge is -2.15. The van der Waals surface area contributed by atoms with Gasteiger partial charge in [0.05, 0.1) is 30.0 Å². The summed E-state index contributed by atoms with van der Waals surface area (Å²) in [6.07, 6.45) is 2.01. The van der Waals surface area contributed by atoms with E-state index in [0.29, 0.717) is 25.7 Å². The van der Waals surface area contributed by atoms with Crippen molar-refractivity contribution >= 4 is 17.3 Å². The summed E-state index contributed by atoms with van der Waals surface area (Å²) >= 11 is 1.68. The highest BCUT2D eigenvalue weighted by molar-refractivity contribution is 7.11. The van der Waals surface area contributed by atoms with Crippen molar-refractivity contribution in [2.75, 3.05) is 26.3 Å². The largest absolute Gasteiger partial charge is 0.389 e. The van der Waals surface area contributed by atoms with E-state index < -0.39 is 6.10 Å². The lowest BCUT2D eigenvalue weighted by Crippen LogP contribution is -2.42. The summed E-state index contributed by atoms with van der Waals surface area (Å²) in [6, 6.07) is 0. The Morgan fingerprint density at radius 2 is 2.22 bits per heavy atom. The predicted octanol–water partition coefficient (Wildman–Crippen LogP) is 1.60. The molecule has 0 radical (unpaired) electrons. The molecule has 1 unspecified atom stereocenters. The molecule has 130 valence electrons. The smallest absolute Gasteiger partial charge is 0.191 e. The standard InChI is InChI=1S/C16H28N4O2S/c1-4-17-16(19-8-15-11(2)20-12(3)23-15)18-7-14(21)10-22-9-13-5-6-13/h13-14,21H,4-10H2,1-3H3,(H2,17,18,19). The molecule has 1 atom stereocenters. The minimum Gasteiger partial charge on any atom is -0.389 e. The molecule has 1 aliphatic carbocycles. The third-order valence-corrected chi connectivity index (χ3v) is 4.65. The van der Waals surface area contributed by atoms with Crippen LogP contribution in [0.4, 0.5) is 0 Å². The number of rotatable bonds is 9. The van der Waals surface area contributed by atoms with Gasteiger partial charge in [-0.25, -0.2) is 9.98 Å². The maximum absolute atomic E-state index is 9.95. The second kappa shape index (κ2) is 9.20. The zero-order valence-electron chi connectivity index (χ0n) is 14.3. The molecule has 1 heterocycles. The number of ether oxygens (including phenoxy) is 1. The van der Waals surface area contributed by atoms with Crippen molar-refractivity contribution in [2.45, 2.75) is 46.3 Å². The molecule has 0 saturated heterocycles. The first-order chi connectivity index (χ1) is 11.1. The van der Waals surface area contributed by atoms with Crippen molar-refractivity contribution < 1.29 is 9.84 Å². The first kappa shape index (κ1) is 18.2. The number of aryl methyl sites for hydroxylation is 2. The van der Waals surface area contributed by atoms with Gasteiger partial charge in [-0.1, -0.05) is 0 Å². The number of nitrogens with zero attached hydrogens (tertiary/aromatic N) is 2. The maximum Gasteiger partial charge on any atom is 0.191 e. The molecule has 6 nitrogen and oxygen atoms in total. The quantitative estimate of drug-likeness (QED) is 0.470. The average Bonchev–Trinajstić information content (AvgIpc) is 3.26. The van der Waals surface area contributed by atoms with Crippen LogP contribution < -0.4 is 10.6 Å². The minimum absolute atomic E-state index is 0.371. The first-order valence-electron chi connectivity index (χ1n) is 8.29. The predicted molar refractivity (Wildman–Crippen MR) is 94.0 cm³/mol. The molecule has 0 spiro atoms. The van der Waals surface area contributed by atoms with Gasteiger partial charge in [-0.2, -0.15) is 0 Å². The highest BCUT2D eigenvalue weighted by atomic mass is 32.1. The lowest BCUT2D eigenvalue weighted by atomic mass is 10.3. The monoisotopic (exact) mass is 340 g/mol. The van der Waals surface area contributed by atoms with Gasteiger partial charge in [-0.05, 0) is 39.5 Å². The Bertz CT molecular complexity index is 514. The highest BCUT2D eigenvalue weighted by Crippen LogP contribution is 2.28. The Balaban J connectivity index is 1.75. The van der Waals surface area contributed by atoms with Crippen LogP contribution in [-0.2, 0) is 11.3 Å². The number of aliphatic hydroxyl groups excluding tert-OH is 1. The van der Waals surface area contributed by atoms with Crippen LogP contribution in [-0.4, -0.2) is 48.5 Å². The summed E-state index contributed by atoms with van der Waals surface area (Å²) in [5.74, 6) is 1.43. The SMILES string of the molecule is CCNC(=NCc1sc(C)nc1C)NCC(O)COCC1CC1. The molecule has 7 heteroatoms. The van der Waals surface area contributed by atoms with Crippen molar-refractivity contribution in [1.82, 2.24) is 15.6 Å². The van der Waals surface area contributed by atoms with Crippen LogP contribution in [0.25, 0.3) is 0 Å². The summed E-state index contributed by atoms with van der Waals surface area (Å²) in [7, 11) is 0. The Kier molecular flexibility index (Phi) is 7.26. The molecule has 1 aromatic heterocycles. The fourth-order valence-corrected chi connectivity index (χ4v) is 3.00. The molecule has 1 fully saturated rings. The molecule has 1 aromatic rings. The van der Waals surface area contributed by atoms with Crippen molar-refractivity contribution in [1.29, 1.82) is 0 Å². The first-order valence-corrected chi connectivity index (χ1v) is 9.11. The lowest BCUT2D eigenvalue weighted by molar-refractivity contribution is 0.0345. The van der Waals surface area contributed by atoms with Crippen LogP contribution in [0.3, 0.4) is 0 Å². The van der Waals surface area contributed by atoms with E-state index in [1.165, 1.54) is 17.7 Å². The van der Waals surface area contributed by atoms with Crippen molar-refractivity contribution in [3.63, 3.8) is 0 Å². The number of aliphatic hydroxyl groups is 1. The fraction of sp³-hybridized carbons (Fsp3) is 0.750. The van der Waals surface area contributed by atoms with E-state index >= 15 is 0 Å². The zero-order valence-corrected chi connectivity index (χ0v) is 15.1. The Morgan fingerprint density at radius 1 is 1.43 bits per heavy atom. The van der Waals surface area contributed by atoms with E-state index in [1.54, 1.807) is 11.3 Å². The van der Waals surface area contributed by atoms with Crippen LogP contribution in [0.2, 0.25) is 0 Å². The van der Waals surface area contributed by atoms with E-state index in [2.05, 4.69) is 20.6 Å². The summed E-state index contributed by atoms with van der Waals surface area (Å²) in [6.45, 7) is 8.99. The Hall–Kier alpha value is -1.18. The van der Waals surface area contributed by atoms with Gasteiger partial charge >= 0.3 is 0 Å². The number of aliphatic imine (C=N–C) groups is 1. The molecular weight excluding hydrogens is 312 g/mol. The van der Waals surface area contributed by atoms with Gasteiger partial charge in [0.2, 0.25) is 0 Å². The average molecular weight is 340 g/mol. The number of nitrogens with one attached hydrogen (secondary N) is 2. The van der Waals surface area contributed by atoms with Gasteiger partial charge in [0.25, 0.3) is 0 Å². The summed E-state index contributed by atoms with van der Waals surface area (Å²) < 4.78 is 5.50. The Labute approximate surface area is 142 Å². The van der Waals surface area contributed by atoms with Crippen molar-refractivity contribution in [2.24, 2.45) is 10.9 Å². The van der Waals surface area contributed by atoms with Gasteiger partial charge in [-0.15, -0.1) is 11.3 Å². The van der Waals surface area contributed by atoms with E-state index in [1.807, 2.05) is 20.8 Å². The highest BCUT2D eigenvalue weighted by Gasteiger charge is 2.21. The third-order valence-electron chi connectivity index (χ3n) is 3.59. The van der Waals surface area contributed by atoms with Crippen molar-refractivity contribution in [3.8, 4) is 0 Å². The number of hydrogen-bond acceptors (Lipinski definition) is 5. The van der Waals surface area contributed by atoms with Gasteiger partial charge in [0.1, 0.15) is 0 Å². The zero-order chi connectivity index (χ0) is 16.7. The number of guanidine groups is 1. The van der Waals surface area contributed by atoms with E-state index in [9.17, 15) is 5.11 Å². The molecule has 0 amide bonds. The second-order valence-electron chi connectivity index (χ2n) is 5.95. The molecule has 2 rings (SSSR count). The molecule has 3 N–H and O–H groups in total. The molecule has 23 heavy (non-hydrogen) atoms. The number of hydrogen-bond donors (Lipinski definition) is 3. The van der Waals surface area contributed by atoms with Crippen LogP contribution >= 0.6 is 11.3 Å². The van der Waals surface area contributed by atoms with Gasteiger partial charge < -0.3 is 20.5 Å². The van der Waals surface area contributed by atoms with Gasteiger partial charge in [0, 0.05) is 24.6 Å². The van der Waals surface area contributed by atoms with Crippen molar-refractivity contribution in [3.05, 3.63) is 15.6 Å². The number of aromatic nitrogens is 1. The molecule has 1 aliphatic rings. The fourth-order valence-electron chi connectivity index (χ4n) is 2.14. The summed E-state index contributed by atoms with van der Waals surface area (Å²) in [5.41, 5.74) is 1.04. The summed E-state index contributed by atoms with van der Waals surface area (Å²) in [5, 5.41) is 17.4. The van der Waals surface area contributed by atoms with Crippen LogP contribution in [0.15, 0.2) is 4.99 Å².